The lowest BCUT2D eigenvalue weighted by atomic mass is 10.1. The number of hydrogen-bond acceptors (Lipinski definition) is 3. The largest absolute Gasteiger partial charge is 0.396 e. The minimum atomic E-state index is 0.308. The van der Waals surface area contributed by atoms with Crippen LogP contribution in [0.1, 0.15) is 38.2 Å². The van der Waals surface area contributed by atoms with Crippen LogP contribution in [0.4, 0.5) is 5.69 Å². The number of aromatic nitrogens is 4. The summed E-state index contributed by atoms with van der Waals surface area (Å²) in [5.41, 5.74) is 10.8. The van der Waals surface area contributed by atoms with E-state index in [0.717, 1.165) is 29.2 Å². The van der Waals surface area contributed by atoms with Crippen LogP contribution in [-0.4, -0.2) is 19.6 Å². The fraction of sp³-hybridized carbons (Fsp3) is 0.538. The first-order valence-corrected chi connectivity index (χ1v) is 6.34. The molecule has 0 aliphatic rings. The summed E-state index contributed by atoms with van der Waals surface area (Å²) in [5.74, 6) is 0. The Balaban J connectivity index is 2.58. The molecule has 0 aromatic carbocycles. The number of rotatable bonds is 3. The average Bonchev–Trinajstić information content (AvgIpc) is 2.80. The molecule has 0 bridgehead atoms. The van der Waals surface area contributed by atoms with Crippen molar-refractivity contribution in [1.29, 1.82) is 0 Å². The molecule has 2 heterocycles. The van der Waals surface area contributed by atoms with Gasteiger partial charge >= 0.3 is 0 Å². The van der Waals surface area contributed by atoms with Crippen molar-refractivity contribution >= 4 is 5.69 Å². The molecule has 2 rings (SSSR count). The molecule has 0 spiro atoms. The summed E-state index contributed by atoms with van der Waals surface area (Å²) in [6, 6.07) is 0.308. The Bertz CT molecular complexity index is 562. The van der Waals surface area contributed by atoms with E-state index in [1.165, 1.54) is 0 Å². The number of hydrogen-bond donors (Lipinski definition) is 1. The molecule has 0 radical (unpaired) electrons. The van der Waals surface area contributed by atoms with Gasteiger partial charge in [-0.3, -0.25) is 9.36 Å². The highest BCUT2D eigenvalue weighted by atomic mass is 15.3. The molecule has 0 amide bonds. The van der Waals surface area contributed by atoms with Crippen LogP contribution in [0.25, 0.3) is 11.3 Å². The smallest absolute Gasteiger partial charge is 0.119 e. The molecular formula is C13H21N5. The highest BCUT2D eigenvalue weighted by Gasteiger charge is 2.18. The van der Waals surface area contributed by atoms with Crippen molar-refractivity contribution in [1.82, 2.24) is 19.6 Å². The minimum Gasteiger partial charge on any atom is -0.396 e. The van der Waals surface area contributed by atoms with Crippen LogP contribution in [0.15, 0.2) is 6.20 Å². The van der Waals surface area contributed by atoms with Gasteiger partial charge in [0.2, 0.25) is 0 Å². The van der Waals surface area contributed by atoms with E-state index < -0.39 is 0 Å². The number of aryl methyl sites for hydroxylation is 2. The van der Waals surface area contributed by atoms with Crippen molar-refractivity contribution < 1.29 is 0 Å². The van der Waals surface area contributed by atoms with Gasteiger partial charge in [-0.2, -0.15) is 10.2 Å². The molecule has 0 aliphatic carbocycles. The number of nitrogens with two attached hydrogens (primary N) is 1. The molecule has 5 heteroatoms. The first-order chi connectivity index (χ1) is 8.45. The number of nitrogens with zero attached hydrogens (tertiary/aromatic N) is 4. The molecule has 98 valence electrons. The second-order valence-electron chi connectivity index (χ2n) is 4.87. The Labute approximate surface area is 108 Å². The van der Waals surface area contributed by atoms with Gasteiger partial charge < -0.3 is 5.73 Å². The van der Waals surface area contributed by atoms with Gasteiger partial charge in [0.05, 0.1) is 11.4 Å². The average molecular weight is 247 g/mol. The van der Waals surface area contributed by atoms with Gasteiger partial charge in [0.25, 0.3) is 0 Å². The van der Waals surface area contributed by atoms with Gasteiger partial charge in [-0.1, -0.05) is 0 Å². The van der Waals surface area contributed by atoms with Crippen molar-refractivity contribution in [3.8, 4) is 11.3 Å². The van der Waals surface area contributed by atoms with Gasteiger partial charge in [-0.25, -0.2) is 0 Å². The SMILES string of the molecule is CCn1nc(C)c(-c2nn(C(C)C)cc2N)c1C. The fourth-order valence-corrected chi connectivity index (χ4v) is 2.21. The van der Waals surface area contributed by atoms with E-state index in [-0.39, 0.29) is 0 Å². The van der Waals surface area contributed by atoms with Crippen LogP contribution in [0.5, 0.6) is 0 Å². The molecule has 0 aliphatic heterocycles. The zero-order valence-electron chi connectivity index (χ0n) is 11.7. The molecule has 0 saturated carbocycles. The van der Waals surface area contributed by atoms with Crippen LogP contribution >= 0.6 is 0 Å². The summed E-state index contributed by atoms with van der Waals surface area (Å²) in [4.78, 5) is 0. The number of anilines is 1. The summed E-state index contributed by atoms with van der Waals surface area (Å²) >= 11 is 0. The molecule has 0 saturated heterocycles. The van der Waals surface area contributed by atoms with Crippen LogP contribution < -0.4 is 5.73 Å². The Kier molecular flexibility index (Phi) is 3.15. The van der Waals surface area contributed by atoms with Crippen molar-refractivity contribution in [3.63, 3.8) is 0 Å². The highest BCUT2D eigenvalue weighted by Crippen LogP contribution is 2.30. The Morgan fingerprint density at radius 3 is 2.39 bits per heavy atom. The monoisotopic (exact) mass is 247 g/mol. The second-order valence-corrected chi connectivity index (χ2v) is 4.87. The van der Waals surface area contributed by atoms with Crippen LogP contribution in [0.3, 0.4) is 0 Å². The van der Waals surface area contributed by atoms with Gasteiger partial charge in [-0.05, 0) is 34.6 Å². The zero-order chi connectivity index (χ0) is 13.4. The van der Waals surface area contributed by atoms with E-state index >= 15 is 0 Å². The third-order valence-electron chi connectivity index (χ3n) is 3.21. The lowest BCUT2D eigenvalue weighted by molar-refractivity contribution is 0.534. The van der Waals surface area contributed by atoms with Crippen molar-refractivity contribution in [2.45, 2.75) is 47.2 Å². The first-order valence-electron chi connectivity index (χ1n) is 6.34. The highest BCUT2D eigenvalue weighted by molar-refractivity contribution is 5.75. The molecule has 2 aromatic heterocycles. The maximum absolute atomic E-state index is 6.08. The number of nitrogen functional groups attached to an aromatic ring is 1. The standard InChI is InChI=1S/C13H21N5/c1-6-17-10(5)12(9(4)15-17)13-11(14)7-18(16-13)8(2)3/h7-8H,6,14H2,1-5H3. The Morgan fingerprint density at radius 2 is 1.94 bits per heavy atom. The lowest BCUT2D eigenvalue weighted by Crippen LogP contribution is -2.01. The normalized spacial score (nSPS) is 11.4. The predicted octanol–water partition coefficient (Wildman–Crippen LogP) is 2.55. The maximum atomic E-state index is 6.08. The van der Waals surface area contributed by atoms with Crippen LogP contribution in [-0.2, 0) is 6.54 Å². The van der Waals surface area contributed by atoms with Crippen molar-refractivity contribution in [3.05, 3.63) is 17.6 Å². The van der Waals surface area contributed by atoms with Crippen molar-refractivity contribution in [2.75, 3.05) is 5.73 Å². The van der Waals surface area contributed by atoms with Crippen molar-refractivity contribution in [2.24, 2.45) is 0 Å². The molecule has 0 atom stereocenters. The second kappa shape index (κ2) is 4.48. The first kappa shape index (κ1) is 12.7. The summed E-state index contributed by atoms with van der Waals surface area (Å²) < 4.78 is 3.88. The molecule has 0 fully saturated rings. The third kappa shape index (κ3) is 1.89. The van der Waals surface area contributed by atoms with E-state index in [0.29, 0.717) is 11.7 Å². The third-order valence-corrected chi connectivity index (χ3v) is 3.21. The van der Waals surface area contributed by atoms with E-state index in [2.05, 4.69) is 37.9 Å². The van der Waals surface area contributed by atoms with E-state index in [1.807, 2.05) is 22.5 Å². The Morgan fingerprint density at radius 1 is 1.28 bits per heavy atom. The van der Waals surface area contributed by atoms with E-state index in [4.69, 9.17) is 5.73 Å². The predicted molar refractivity (Wildman–Crippen MR) is 73.4 cm³/mol. The quantitative estimate of drug-likeness (QED) is 0.906. The van der Waals surface area contributed by atoms with E-state index in [1.54, 1.807) is 0 Å². The summed E-state index contributed by atoms with van der Waals surface area (Å²) in [5, 5.41) is 9.10. The topological polar surface area (TPSA) is 61.7 Å². The maximum Gasteiger partial charge on any atom is 0.119 e. The minimum absolute atomic E-state index is 0.308. The van der Waals surface area contributed by atoms with Gasteiger partial charge in [0, 0.05) is 30.0 Å². The summed E-state index contributed by atoms with van der Waals surface area (Å²) in [6.07, 6.45) is 1.89. The Hall–Kier alpha value is -1.78. The zero-order valence-corrected chi connectivity index (χ0v) is 11.7. The summed E-state index contributed by atoms with van der Waals surface area (Å²) in [6.45, 7) is 11.2. The molecule has 18 heavy (non-hydrogen) atoms. The van der Waals surface area contributed by atoms with Gasteiger partial charge in [0.15, 0.2) is 0 Å². The fourth-order valence-electron chi connectivity index (χ4n) is 2.21. The molecule has 2 N–H and O–H groups in total. The summed E-state index contributed by atoms with van der Waals surface area (Å²) in [7, 11) is 0. The molecular weight excluding hydrogens is 226 g/mol. The molecule has 2 aromatic rings. The van der Waals surface area contributed by atoms with Gasteiger partial charge in [-0.15, -0.1) is 0 Å². The van der Waals surface area contributed by atoms with Crippen LogP contribution in [0, 0.1) is 13.8 Å². The molecule has 0 unspecified atom stereocenters. The van der Waals surface area contributed by atoms with Crippen LogP contribution in [0.2, 0.25) is 0 Å². The lowest BCUT2D eigenvalue weighted by Gasteiger charge is -2.04. The molecule has 5 nitrogen and oxygen atoms in total. The van der Waals surface area contributed by atoms with Gasteiger partial charge in [0.1, 0.15) is 5.69 Å². The van der Waals surface area contributed by atoms with E-state index in [9.17, 15) is 0 Å².